The van der Waals surface area contributed by atoms with E-state index in [2.05, 4.69) is 16.8 Å². The molecule has 0 spiro atoms. The quantitative estimate of drug-likeness (QED) is 0.892. The van der Waals surface area contributed by atoms with Gasteiger partial charge >= 0.3 is 0 Å². The van der Waals surface area contributed by atoms with Crippen LogP contribution < -0.4 is 5.56 Å². The summed E-state index contributed by atoms with van der Waals surface area (Å²) in [7, 11) is 2.10. The smallest absolute Gasteiger partial charge is 0.259 e. The van der Waals surface area contributed by atoms with E-state index >= 15 is 0 Å². The van der Waals surface area contributed by atoms with Gasteiger partial charge in [0.25, 0.3) is 5.56 Å². The molecule has 0 aliphatic carbocycles. The van der Waals surface area contributed by atoms with E-state index in [1.165, 1.54) is 0 Å². The number of pyridine rings is 1. The van der Waals surface area contributed by atoms with Crippen LogP contribution in [-0.4, -0.2) is 52.7 Å². The number of aromatic nitrogens is 1. The highest BCUT2D eigenvalue weighted by molar-refractivity contribution is 6.30. The fraction of sp³-hybridized carbons (Fsp3) is 0.450. The first-order valence-electron chi connectivity index (χ1n) is 9.03. The molecule has 0 saturated carbocycles. The van der Waals surface area contributed by atoms with Gasteiger partial charge in [0, 0.05) is 43.4 Å². The van der Waals surface area contributed by atoms with E-state index in [1.807, 2.05) is 38.1 Å². The number of rotatable bonds is 4. The molecule has 1 fully saturated rings. The Kier molecular flexibility index (Phi) is 5.70. The van der Waals surface area contributed by atoms with Crippen molar-refractivity contribution in [2.75, 3.05) is 33.2 Å². The summed E-state index contributed by atoms with van der Waals surface area (Å²) in [6.45, 7) is 7.90. The number of hydrogen-bond acceptors (Lipinski definition) is 4. The van der Waals surface area contributed by atoms with Crippen LogP contribution in [0, 0.1) is 6.92 Å². The fourth-order valence-corrected chi connectivity index (χ4v) is 3.83. The van der Waals surface area contributed by atoms with Gasteiger partial charge in [-0.3, -0.25) is 9.69 Å². The first kappa shape index (κ1) is 19.0. The van der Waals surface area contributed by atoms with Crippen LogP contribution in [0.25, 0.3) is 0 Å². The SMILES string of the molecule is CCn1c(C)cc(O)c([C@@H](c2ccc(Cl)cc2)N2CCN(C)CC2)c1=O. The molecule has 1 aromatic carbocycles. The highest BCUT2D eigenvalue weighted by Crippen LogP contribution is 2.33. The third-order valence-electron chi connectivity index (χ3n) is 5.20. The molecule has 0 unspecified atom stereocenters. The normalized spacial score (nSPS) is 17.4. The lowest BCUT2D eigenvalue weighted by molar-refractivity contribution is 0.125. The minimum atomic E-state index is -0.285. The van der Waals surface area contributed by atoms with Gasteiger partial charge in [-0.05, 0) is 44.7 Å². The number of piperazine rings is 1. The summed E-state index contributed by atoms with van der Waals surface area (Å²) in [6.07, 6.45) is 0. The predicted octanol–water partition coefficient (Wildman–Crippen LogP) is 2.87. The summed E-state index contributed by atoms with van der Waals surface area (Å²) in [6, 6.07) is 8.97. The molecule has 1 atom stereocenters. The number of halogens is 1. The molecule has 1 aliphatic rings. The predicted molar refractivity (Wildman–Crippen MR) is 105 cm³/mol. The molecule has 140 valence electrons. The molecule has 3 rings (SSSR count). The highest BCUT2D eigenvalue weighted by atomic mass is 35.5. The molecule has 6 heteroatoms. The summed E-state index contributed by atoms with van der Waals surface area (Å²) in [5, 5.41) is 11.3. The minimum absolute atomic E-state index is 0.0658. The van der Waals surface area contributed by atoms with Crippen LogP contribution in [0.3, 0.4) is 0 Å². The molecule has 0 radical (unpaired) electrons. The molecule has 1 N–H and O–H groups in total. The highest BCUT2D eigenvalue weighted by Gasteiger charge is 2.30. The maximum absolute atomic E-state index is 13.2. The Morgan fingerprint density at radius 2 is 1.77 bits per heavy atom. The average Bonchev–Trinajstić information content (AvgIpc) is 2.61. The molecule has 26 heavy (non-hydrogen) atoms. The summed E-state index contributed by atoms with van der Waals surface area (Å²) in [5.41, 5.74) is 2.07. The van der Waals surface area contributed by atoms with Crippen molar-refractivity contribution in [3.63, 3.8) is 0 Å². The van der Waals surface area contributed by atoms with E-state index < -0.39 is 0 Å². The molecule has 1 aliphatic heterocycles. The summed E-state index contributed by atoms with van der Waals surface area (Å²) >= 11 is 6.06. The average molecular weight is 376 g/mol. The van der Waals surface area contributed by atoms with Crippen molar-refractivity contribution in [2.45, 2.75) is 26.4 Å². The molecular formula is C20H26ClN3O2. The Labute approximate surface area is 159 Å². The second kappa shape index (κ2) is 7.82. The largest absolute Gasteiger partial charge is 0.507 e. The van der Waals surface area contributed by atoms with Gasteiger partial charge in [-0.15, -0.1) is 0 Å². The van der Waals surface area contributed by atoms with Gasteiger partial charge in [-0.2, -0.15) is 0 Å². The molecular weight excluding hydrogens is 350 g/mol. The number of aryl methyl sites for hydroxylation is 1. The molecule has 2 heterocycles. The summed E-state index contributed by atoms with van der Waals surface area (Å²) < 4.78 is 1.72. The first-order valence-corrected chi connectivity index (χ1v) is 9.41. The van der Waals surface area contributed by atoms with Crippen LogP contribution in [0.2, 0.25) is 5.02 Å². The second-order valence-electron chi connectivity index (χ2n) is 6.93. The van der Waals surface area contributed by atoms with Gasteiger partial charge in [0.1, 0.15) is 5.75 Å². The summed E-state index contributed by atoms with van der Waals surface area (Å²) in [5.74, 6) is 0.0658. The zero-order valence-corrected chi connectivity index (χ0v) is 16.3. The Morgan fingerprint density at radius 1 is 1.15 bits per heavy atom. The number of nitrogens with zero attached hydrogens (tertiary/aromatic N) is 3. The number of aromatic hydroxyl groups is 1. The van der Waals surface area contributed by atoms with E-state index in [9.17, 15) is 9.90 Å². The molecule has 1 aromatic heterocycles. The third-order valence-corrected chi connectivity index (χ3v) is 5.45. The van der Waals surface area contributed by atoms with Crippen LogP contribution in [0.1, 0.15) is 29.8 Å². The first-order chi connectivity index (χ1) is 12.4. The lowest BCUT2D eigenvalue weighted by Gasteiger charge is -2.38. The van der Waals surface area contributed by atoms with E-state index in [0.29, 0.717) is 17.1 Å². The molecule has 0 bridgehead atoms. The van der Waals surface area contributed by atoms with Crippen molar-refractivity contribution >= 4 is 11.6 Å². The Balaban J connectivity index is 2.15. The van der Waals surface area contributed by atoms with Crippen LogP contribution in [0.5, 0.6) is 5.75 Å². The van der Waals surface area contributed by atoms with Crippen molar-refractivity contribution in [3.05, 3.63) is 62.5 Å². The topological polar surface area (TPSA) is 48.7 Å². The fourth-order valence-electron chi connectivity index (χ4n) is 3.70. The monoisotopic (exact) mass is 375 g/mol. The molecule has 1 saturated heterocycles. The van der Waals surface area contributed by atoms with Crippen molar-refractivity contribution < 1.29 is 5.11 Å². The van der Waals surface area contributed by atoms with Crippen molar-refractivity contribution in [1.82, 2.24) is 14.4 Å². The number of benzene rings is 1. The Bertz CT molecular complexity index is 824. The van der Waals surface area contributed by atoms with E-state index in [4.69, 9.17) is 11.6 Å². The second-order valence-corrected chi connectivity index (χ2v) is 7.36. The van der Waals surface area contributed by atoms with Crippen molar-refractivity contribution in [1.29, 1.82) is 0 Å². The Morgan fingerprint density at radius 3 is 2.35 bits per heavy atom. The van der Waals surface area contributed by atoms with Gasteiger partial charge in [0.05, 0.1) is 11.6 Å². The maximum atomic E-state index is 13.2. The van der Waals surface area contributed by atoms with E-state index in [1.54, 1.807) is 10.6 Å². The van der Waals surface area contributed by atoms with Gasteiger partial charge in [-0.25, -0.2) is 0 Å². The lowest BCUT2D eigenvalue weighted by atomic mass is 9.96. The van der Waals surface area contributed by atoms with Gasteiger partial charge in [0.2, 0.25) is 0 Å². The minimum Gasteiger partial charge on any atom is -0.507 e. The molecule has 0 amide bonds. The van der Waals surface area contributed by atoms with Gasteiger partial charge in [0.15, 0.2) is 0 Å². The molecule has 5 nitrogen and oxygen atoms in total. The lowest BCUT2D eigenvalue weighted by Crippen LogP contribution is -2.47. The standard InChI is InChI=1S/C20H26ClN3O2/c1-4-24-14(2)13-17(25)18(20(24)26)19(15-5-7-16(21)8-6-15)23-11-9-22(3)10-12-23/h5-8,13,19,25H,4,9-12H2,1-3H3/t19-/m1/s1. The van der Waals surface area contributed by atoms with Crippen LogP contribution in [-0.2, 0) is 6.54 Å². The number of hydrogen-bond donors (Lipinski definition) is 1. The summed E-state index contributed by atoms with van der Waals surface area (Å²) in [4.78, 5) is 17.7. The van der Waals surface area contributed by atoms with Crippen LogP contribution in [0.4, 0.5) is 0 Å². The van der Waals surface area contributed by atoms with Crippen LogP contribution in [0.15, 0.2) is 35.1 Å². The van der Waals surface area contributed by atoms with Gasteiger partial charge < -0.3 is 14.6 Å². The Hall–Kier alpha value is -1.82. The van der Waals surface area contributed by atoms with Crippen molar-refractivity contribution in [3.8, 4) is 5.75 Å². The third kappa shape index (κ3) is 3.65. The number of likely N-dealkylation sites (N-methyl/N-ethyl adjacent to an activating group) is 1. The van der Waals surface area contributed by atoms with E-state index in [-0.39, 0.29) is 17.4 Å². The molecule has 2 aromatic rings. The van der Waals surface area contributed by atoms with Gasteiger partial charge in [-0.1, -0.05) is 23.7 Å². The van der Waals surface area contributed by atoms with Crippen LogP contribution >= 0.6 is 11.6 Å². The van der Waals surface area contributed by atoms with E-state index in [0.717, 1.165) is 37.4 Å². The zero-order chi connectivity index (χ0) is 18.8. The zero-order valence-electron chi connectivity index (χ0n) is 15.6. The maximum Gasteiger partial charge on any atom is 0.259 e. The van der Waals surface area contributed by atoms with Crippen molar-refractivity contribution in [2.24, 2.45) is 0 Å².